The average molecular weight is 449 g/mol. The Balaban J connectivity index is 1.39. The molecule has 152 valence electrons. The number of carbonyl (C=O) groups excluding carboxylic acids is 3. The number of nitrogens with zero attached hydrogens (tertiary/aromatic N) is 2. The van der Waals surface area contributed by atoms with Crippen molar-refractivity contribution in [2.24, 2.45) is 0 Å². The number of nitrogens with one attached hydrogen (secondary N) is 1. The molecule has 4 aromatic rings. The summed E-state index contributed by atoms with van der Waals surface area (Å²) in [6.45, 7) is 0. The smallest absolute Gasteiger partial charge is 0.266 e. The van der Waals surface area contributed by atoms with E-state index in [9.17, 15) is 18.8 Å². The number of aromatic nitrogens is 1. The van der Waals surface area contributed by atoms with Crippen LogP contribution in [0.15, 0.2) is 65.4 Å². The number of anilines is 2. The van der Waals surface area contributed by atoms with Gasteiger partial charge in [-0.25, -0.2) is 14.3 Å². The number of thiophene rings is 1. The molecule has 0 spiro atoms. The summed E-state index contributed by atoms with van der Waals surface area (Å²) in [6, 6.07) is 13.3. The van der Waals surface area contributed by atoms with Gasteiger partial charge in [0.15, 0.2) is 5.13 Å². The number of rotatable bonds is 4. The first-order chi connectivity index (χ1) is 15.0. The van der Waals surface area contributed by atoms with E-state index in [2.05, 4.69) is 10.3 Å². The van der Waals surface area contributed by atoms with Gasteiger partial charge in [0.1, 0.15) is 5.82 Å². The predicted molar refractivity (Wildman–Crippen MR) is 117 cm³/mol. The van der Waals surface area contributed by atoms with E-state index in [4.69, 9.17) is 0 Å². The molecule has 0 atom stereocenters. The monoisotopic (exact) mass is 449 g/mol. The Kier molecular flexibility index (Phi) is 4.68. The summed E-state index contributed by atoms with van der Waals surface area (Å²) in [4.78, 5) is 44.6. The van der Waals surface area contributed by atoms with Crippen molar-refractivity contribution in [2.75, 3.05) is 10.2 Å². The van der Waals surface area contributed by atoms with Gasteiger partial charge in [0, 0.05) is 10.9 Å². The first-order valence-electron chi connectivity index (χ1n) is 9.10. The molecule has 0 saturated heterocycles. The molecule has 3 heterocycles. The van der Waals surface area contributed by atoms with Crippen LogP contribution in [-0.4, -0.2) is 22.7 Å². The van der Waals surface area contributed by atoms with E-state index in [1.54, 1.807) is 11.3 Å². The maximum atomic E-state index is 13.2. The molecule has 0 fully saturated rings. The van der Waals surface area contributed by atoms with E-state index >= 15 is 0 Å². The van der Waals surface area contributed by atoms with E-state index in [0.29, 0.717) is 5.13 Å². The zero-order valence-corrected chi connectivity index (χ0v) is 17.3. The second kappa shape index (κ2) is 7.53. The van der Waals surface area contributed by atoms with Crippen molar-refractivity contribution in [3.8, 4) is 10.6 Å². The number of thiazole rings is 1. The van der Waals surface area contributed by atoms with Gasteiger partial charge < -0.3 is 0 Å². The number of carbonyl (C=O) groups is 3. The SMILES string of the molecule is O=C(Nc1nc(-c2cccs2)cs1)c1ccc2c(c1)C(=O)N(c1ccc(F)cc1)C2=O. The zero-order valence-electron chi connectivity index (χ0n) is 15.7. The highest BCUT2D eigenvalue weighted by Gasteiger charge is 2.37. The molecule has 1 aliphatic rings. The molecular weight excluding hydrogens is 437 g/mol. The van der Waals surface area contributed by atoms with Gasteiger partial charge in [-0.3, -0.25) is 19.7 Å². The van der Waals surface area contributed by atoms with Crippen LogP contribution in [0.25, 0.3) is 10.6 Å². The fraction of sp³-hybridized carbons (Fsp3) is 0. The largest absolute Gasteiger partial charge is 0.298 e. The predicted octanol–water partition coefficient (Wildman–Crippen LogP) is 5.06. The van der Waals surface area contributed by atoms with Crippen molar-refractivity contribution in [3.63, 3.8) is 0 Å². The van der Waals surface area contributed by atoms with Gasteiger partial charge in [0.05, 0.1) is 27.4 Å². The van der Waals surface area contributed by atoms with Crippen molar-refractivity contribution in [3.05, 3.63) is 87.9 Å². The summed E-state index contributed by atoms with van der Waals surface area (Å²) < 4.78 is 13.2. The van der Waals surface area contributed by atoms with Gasteiger partial charge in [-0.15, -0.1) is 22.7 Å². The van der Waals surface area contributed by atoms with E-state index in [1.807, 2.05) is 22.9 Å². The van der Waals surface area contributed by atoms with E-state index in [-0.39, 0.29) is 22.4 Å². The van der Waals surface area contributed by atoms with E-state index in [1.165, 1.54) is 53.8 Å². The topological polar surface area (TPSA) is 79.4 Å². The van der Waals surface area contributed by atoms with Gasteiger partial charge in [-0.1, -0.05) is 6.07 Å². The summed E-state index contributed by atoms with van der Waals surface area (Å²) in [5.41, 5.74) is 1.59. The van der Waals surface area contributed by atoms with Gasteiger partial charge in [0.25, 0.3) is 17.7 Å². The molecule has 0 radical (unpaired) electrons. The molecule has 1 N–H and O–H groups in total. The van der Waals surface area contributed by atoms with Gasteiger partial charge in [-0.05, 0) is 53.9 Å². The molecule has 3 amide bonds. The third-order valence-electron chi connectivity index (χ3n) is 4.73. The highest BCUT2D eigenvalue weighted by atomic mass is 32.1. The van der Waals surface area contributed by atoms with Crippen molar-refractivity contribution < 1.29 is 18.8 Å². The lowest BCUT2D eigenvalue weighted by molar-refractivity contribution is 0.0925. The Morgan fingerprint density at radius 3 is 2.48 bits per heavy atom. The summed E-state index contributed by atoms with van der Waals surface area (Å²) in [7, 11) is 0. The minimum absolute atomic E-state index is 0.125. The highest BCUT2D eigenvalue weighted by Crippen LogP contribution is 2.31. The Labute approximate surface area is 183 Å². The van der Waals surface area contributed by atoms with Crippen molar-refractivity contribution >= 4 is 51.2 Å². The number of fused-ring (bicyclic) bond motifs is 1. The average Bonchev–Trinajstić information content (AvgIpc) is 3.50. The van der Waals surface area contributed by atoms with Crippen LogP contribution in [-0.2, 0) is 0 Å². The lowest BCUT2D eigenvalue weighted by Gasteiger charge is -2.13. The Hall–Kier alpha value is -3.69. The number of hydrogen-bond donors (Lipinski definition) is 1. The van der Waals surface area contributed by atoms with E-state index in [0.717, 1.165) is 15.5 Å². The van der Waals surface area contributed by atoms with Gasteiger partial charge in [0.2, 0.25) is 0 Å². The fourth-order valence-electron chi connectivity index (χ4n) is 3.24. The standard InChI is InChI=1S/C22H12FN3O3S2/c23-13-4-6-14(7-5-13)26-20(28)15-8-3-12(10-16(15)21(26)29)19(27)25-22-24-17(11-31-22)18-2-1-9-30-18/h1-11H,(H,24,25,27). The molecule has 0 aliphatic carbocycles. The molecule has 1 aliphatic heterocycles. The molecule has 5 rings (SSSR count). The van der Waals surface area contributed by atoms with Crippen LogP contribution < -0.4 is 10.2 Å². The van der Waals surface area contributed by atoms with Crippen molar-refractivity contribution in [1.82, 2.24) is 4.98 Å². The summed E-state index contributed by atoms with van der Waals surface area (Å²) in [5.74, 6) is -1.98. The Bertz CT molecular complexity index is 1330. The third kappa shape index (κ3) is 3.43. The molecule has 31 heavy (non-hydrogen) atoms. The van der Waals surface area contributed by atoms with Crippen LogP contribution in [0.4, 0.5) is 15.2 Å². The van der Waals surface area contributed by atoms with Gasteiger partial charge in [-0.2, -0.15) is 0 Å². The molecule has 6 nitrogen and oxygen atoms in total. The highest BCUT2D eigenvalue weighted by molar-refractivity contribution is 7.16. The minimum atomic E-state index is -0.560. The number of amides is 3. The third-order valence-corrected chi connectivity index (χ3v) is 6.38. The van der Waals surface area contributed by atoms with Crippen LogP contribution in [0.5, 0.6) is 0 Å². The van der Waals surface area contributed by atoms with Gasteiger partial charge >= 0.3 is 0 Å². The Morgan fingerprint density at radius 1 is 0.968 bits per heavy atom. The van der Waals surface area contributed by atoms with E-state index < -0.39 is 23.5 Å². The zero-order chi connectivity index (χ0) is 21.5. The van der Waals surface area contributed by atoms with Crippen molar-refractivity contribution in [1.29, 1.82) is 0 Å². The maximum absolute atomic E-state index is 13.2. The minimum Gasteiger partial charge on any atom is -0.298 e. The maximum Gasteiger partial charge on any atom is 0.266 e. The van der Waals surface area contributed by atoms with Crippen LogP contribution in [0.2, 0.25) is 0 Å². The first-order valence-corrected chi connectivity index (χ1v) is 10.9. The lowest BCUT2D eigenvalue weighted by Crippen LogP contribution is -2.29. The number of hydrogen-bond acceptors (Lipinski definition) is 6. The summed E-state index contributed by atoms with van der Waals surface area (Å²) in [6.07, 6.45) is 0. The van der Waals surface area contributed by atoms with Crippen LogP contribution in [0.3, 0.4) is 0 Å². The second-order valence-corrected chi connectivity index (χ2v) is 8.46. The van der Waals surface area contributed by atoms with Crippen LogP contribution in [0.1, 0.15) is 31.1 Å². The molecule has 0 saturated carbocycles. The molecular formula is C22H12FN3O3S2. The molecule has 0 bridgehead atoms. The Morgan fingerprint density at radius 2 is 1.74 bits per heavy atom. The molecule has 0 unspecified atom stereocenters. The first kappa shape index (κ1) is 19.3. The fourth-order valence-corrected chi connectivity index (χ4v) is 4.71. The second-order valence-electron chi connectivity index (χ2n) is 6.65. The number of halogens is 1. The van der Waals surface area contributed by atoms with Crippen LogP contribution >= 0.6 is 22.7 Å². The quantitative estimate of drug-likeness (QED) is 0.442. The normalized spacial score (nSPS) is 12.9. The lowest BCUT2D eigenvalue weighted by atomic mass is 10.1. The van der Waals surface area contributed by atoms with Crippen LogP contribution in [0, 0.1) is 5.82 Å². The molecule has 2 aromatic heterocycles. The number of benzene rings is 2. The summed E-state index contributed by atoms with van der Waals surface area (Å²) in [5, 5.41) is 6.97. The van der Waals surface area contributed by atoms with Crippen molar-refractivity contribution in [2.45, 2.75) is 0 Å². The molecule has 9 heteroatoms. The number of imide groups is 1. The summed E-state index contributed by atoms with van der Waals surface area (Å²) >= 11 is 2.85. The molecule has 2 aromatic carbocycles.